The molecule has 0 spiro atoms. The third kappa shape index (κ3) is 2.36. The molecule has 86 valence electrons. The first kappa shape index (κ1) is 11.4. The lowest BCUT2D eigenvalue weighted by atomic mass is 10.1. The molecule has 1 unspecified atom stereocenters. The fourth-order valence-corrected chi connectivity index (χ4v) is 2.14. The standard InChI is InChI=1S/C11H13BrN2O2/c12-9-3-1-2-8(6-9)10-7-14(5-4-13)11(15)16-10/h1-3,6,10H,4-5,7,13H2. The summed E-state index contributed by atoms with van der Waals surface area (Å²) in [7, 11) is 0. The van der Waals surface area contributed by atoms with Gasteiger partial charge in [-0.25, -0.2) is 4.79 Å². The van der Waals surface area contributed by atoms with Crippen molar-refractivity contribution in [2.45, 2.75) is 6.10 Å². The first-order valence-electron chi connectivity index (χ1n) is 5.12. The van der Waals surface area contributed by atoms with E-state index in [2.05, 4.69) is 15.9 Å². The molecular weight excluding hydrogens is 272 g/mol. The molecule has 0 aromatic heterocycles. The number of carbonyl (C=O) groups excluding carboxylic acids is 1. The molecule has 1 atom stereocenters. The smallest absolute Gasteiger partial charge is 0.410 e. The van der Waals surface area contributed by atoms with Gasteiger partial charge in [-0.05, 0) is 17.7 Å². The van der Waals surface area contributed by atoms with Crippen molar-refractivity contribution in [1.29, 1.82) is 0 Å². The van der Waals surface area contributed by atoms with Gasteiger partial charge in [-0.3, -0.25) is 0 Å². The van der Waals surface area contributed by atoms with Crippen LogP contribution in [0.3, 0.4) is 0 Å². The van der Waals surface area contributed by atoms with Crippen molar-refractivity contribution >= 4 is 22.0 Å². The Balaban J connectivity index is 2.10. The molecule has 0 radical (unpaired) electrons. The zero-order chi connectivity index (χ0) is 11.5. The second-order valence-corrected chi connectivity index (χ2v) is 4.58. The second-order valence-electron chi connectivity index (χ2n) is 3.66. The summed E-state index contributed by atoms with van der Waals surface area (Å²) in [6.07, 6.45) is -0.466. The normalized spacial score (nSPS) is 20.0. The van der Waals surface area contributed by atoms with Crippen molar-refractivity contribution in [3.63, 3.8) is 0 Å². The molecule has 1 aromatic rings. The molecule has 1 aliphatic rings. The molecule has 2 rings (SSSR count). The lowest BCUT2D eigenvalue weighted by Gasteiger charge is -2.10. The van der Waals surface area contributed by atoms with Gasteiger partial charge in [-0.1, -0.05) is 28.1 Å². The van der Waals surface area contributed by atoms with Crippen LogP contribution in [0.2, 0.25) is 0 Å². The van der Waals surface area contributed by atoms with Gasteiger partial charge in [-0.2, -0.15) is 0 Å². The summed E-state index contributed by atoms with van der Waals surface area (Å²) in [6.45, 7) is 1.58. The van der Waals surface area contributed by atoms with Crippen LogP contribution < -0.4 is 5.73 Å². The number of nitrogens with two attached hydrogens (primary N) is 1. The van der Waals surface area contributed by atoms with Crippen LogP contribution in [0.25, 0.3) is 0 Å². The summed E-state index contributed by atoms with van der Waals surface area (Å²) in [6, 6.07) is 7.79. The van der Waals surface area contributed by atoms with Crippen LogP contribution >= 0.6 is 15.9 Å². The van der Waals surface area contributed by atoms with E-state index in [1.807, 2.05) is 24.3 Å². The van der Waals surface area contributed by atoms with Gasteiger partial charge in [0, 0.05) is 17.6 Å². The Hall–Kier alpha value is -1.07. The Bertz CT molecular complexity index is 397. The van der Waals surface area contributed by atoms with Crippen LogP contribution in [0.1, 0.15) is 11.7 Å². The van der Waals surface area contributed by atoms with Crippen molar-refractivity contribution in [2.24, 2.45) is 5.73 Å². The average Bonchev–Trinajstić information content (AvgIpc) is 2.61. The SMILES string of the molecule is NCCN1CC(c2cccc(Br)c2)OC1=O. The molecule has 5 heteroatoms. The molecule has 0 aliphatic carbocycles. The quantitative estimate of drug-likeness (QED) is 0.922. The van der Waals surface area contributed by atoms with Crippen LogP contribution in [-0.4, -0.2) is 30.6 Å². The Morgan fingerprint density at radius 3 is 3.06 bits per heavy atom. The summed E-state index contributed by atoms with van der Waals surface area (Å²) in [5, 5.41) is 0. The fourth-order valence-electron chi connectivity index (χ4n) is 1.73. The lowest BCUT2D eigenvalue weighted by molar-refractivity contribution is 0.133. The minimum absolute atomic E-state index is 0.184. The predicted molar refractivity (Wildman–Crippen MR) is 64.0 cm³/mol. The maximum Gasteiger partial charge on any atom is 0.410 e. The van der Waals surface area contributed by atoms with Crippen LogP contribution in [0, 0.1) is 0 Å². The van der Waals surface area contributed by atoms with Crippen LogP contribution in [0.5, 0.6) is 0 Å². The Kier molecular flexibility index (Phi) is 3.46. The van der Waals surface area contributed by atoms with E-state index in [9.17, 15) is 4.79 Å². The minimum atomic E-state index is -0.282. The van der Waals surface area contributed by atoms with Gasteiger partial charge in [0.1, 0.15) is 6.10 Å². The number of hydrogen-bond donors (Lipinski definition) is 1. The van der Waals surface area contributed by atoms with Gasteiger partial charge in [0.25, 0.3) is 0 Å². The number of benzene rings is 1. The number of nitrogens with zero attached hydrogens (tertiary/aromatic N) is 1. The zero-order valence-corrected chi connectivity index (χ0v) is 10.3. The topological polar surface area (TPSA) is 55.6 Å². The third-order valence-corrected chi connectivity index (χ3v) is 3.00. The summed E-state index contributed by atoms with van der Waals surface area (Å²) >= 11 is 3.40. The highest BCUT2D eigenvalue weighted by Crippen LogP contribution is 2.27. The van der Waals surface area contributed by atoms with Crippen molar-refractivity contribution in [2.75, 3.05) is 19.6 Å². The van der Waals surface area contributed by atoms with Crippen molar-refractivity contribution in [3.8, 4) is 0 Å². The maximum atomic E-state index is 11.5. The summed E-state index contributed by atoms with van der Waals surface area (Å²) < 4.78 is 6.26. The molecular formula is C11H13BrN2O2. The molecule has 16 heavy (non-hydrogen) atoms. The maximum absolute atomic E-state index is 11.5. The van der Waals surface area contributed by atoms with Crippen LogP contribution in [-0.2, 0) is 4.74 Å². The summed E-state index contributed by atoms with van der Waals surface area (Å²) in [5.74, 6) is 0. The second kappa shape index (κ2) is 4.84. The van der Waals surface area contributed by atoms with Gasteiger partial charge in [0.15, 0.2) is 0 Å². The third-order valence-electron chi connectivity index (χ3n) is 2.51. The molecule has 1 fully saturated rings. The molecule has 0 bridgehead atoms. The predicted octanol–water partition coefficient (Wildman–Crippen LogP) is 1.90. The number of carbonyl (C=O) groups is 1. The van der Waals surface area contributed by atoms with Gasteiger partial charge in [-0.15, -0.1) is 0 Å². The summed E-state index contributed by atoms with van der Waals surface area (Å²) in [4.78, 5) is 13.1. The highest BCUT2D eigenvalue weighted by atomic mass is 79.9. The van der Waals surface area contributed by atoms with E-state index in [-0.39, 0.29) is 12.2 Å². The molecule has 1 aliphatic heterocycles. The molecule has 2 N–H and O–H groups in total. The number of rotatable bonds is 3. The van der Waals surface area contributed by atoms with Crippen LogP contribution in [0.15, 0.2) is 28.7 Å². The highest BCUT2D eigenvalue weighted by molar-refractivity contribution is 9.10. The fraction of sp³-hybridized carbons (Fsp3) is 0.364. The molecule has 0 saturated carbocycles. The molecule has 1 aromatic carbocycles. The largest absolute Gasteiger partial charge is 0.439 e. The number of halogens is 1. The Labute approximate surface area is 102 Å². The summed E-state index contributed by atoms with van der Waals surface area (Å²) in [5.41, 5.74) is 6.42. The van der Waals surface area contributed by atoms with E-state index in [4.69, 9.17) is 10.5 Å². The molecule has 1 amide bonds. The molecule has 1 saturated heterocycles. The molecule has 4 nitrogen and oxygen atoms in total. The van der Waals surface area contributed by atoms with Gasteiger partial charge in [0.05, 0.1) is 6.54 Å². The first-order valence-corrected chi connectivity index (χ1v) is 5.91. The van der Waals surface area contributed by atoms with Crippen molar-refractivity contribution < 1.29 is 9.53 Å². The minimum Gasteiger partial charge on any atom is -0.439 e. The van der Waals surface area contributed by atoms with E-state index in [0.29, 0.717) is 19.6 Å². The van der Waals surface area contributed by atoms with Gasteiger partial charge >= 0.3 is 6.09 Å². The first-order chi connectivity index (χ1) is 7.70. The highest BCUT2D eigenvalue weighted by Gasteiger charge is 2.31. The Morgan fingerprint density at radius 2 is 2.38 bits per heavy atom. The van der Waals surface area contributed by atoms with E-state index in [0.717, 1.165) is 10.0 Å². The van der Waals surface area contributed by atoms with Crippen molar-refractivity contribution in [1.82, 2.24) is 4.90 Å². The number of hydrogen-bond acceptors (Lipinski definition) is 3. The number of ether oxygens (including phenoxy) is 1. The van der Waals surface area contributed by atoms with E-state index >= 15 is 0 Å². The van der Waals surface area contributed by atoms with E-state index in [1.165, 1.54) is 0 Å². The van der Waals surface area contributed by atoms with E-state index < -0.39 is 0 Å². The number of amides is 1. The number of cyclic esters (lactones) is 1. The average molecular weight is 285 g/mol. The monoisotopic (exact) mass is 284 g/mol. The Morgan fingerprint density at radius 1 is 1.56 bits per heavy atom. The lowest BCUT2D eigenvalue weighted by Crippen LogP contribution is -2.30. The van der Waals surface area contributed by atoms with Crippen LogP contribution in [0.4, 0.5) is 4.79 Å². The van der Waals surface area contributed by atoms with Gasteiger partial charge < -0.3 is 15.4 Å². The van der Waals surface area contributed by atoms with Gasteiger partial charge in [0.2, 0.25) is 0 Å². The molecule has 1 heterocycles. The zero-order valence-electron chi connectivity index (χ0n) is 8.73. The van der Waals surface area contributed by atoms with E-state index in [1.54, 1.807) is 4.90 Å². The van der Waals surface area contributed by atoms with Crippen molar-refractivity contribution in [3.05, 3.63) is 34.3 Å².